The summed E-state index contributed by atoms with van der Waals surface area (Å²) in [7, 11) is 4.95. The summed E-state index contributed by atoms with van der Waals surface area (Å²) in [4.78, 5) is 31.4. The van der Waals surface area contributed by atoms with Crippen LogP contribution in [-0.4, -0.2) is 44.2 Å². The molecule has 11 nitrogen and oxygen atoms in total. The number of methoxy groups -OCH3 is 2. The summed E-state index contributed by atoms with van der Waals surface area (Å²) in [5, 5.41) is 13.9. The zero-order valence-corrected chi connectivity index (χ0v) is 17.7. The molecule has 1 atom stereocenters. The van der Waals surface area contributed by atoms with Crippen LogP contribution in [0.4, 0.5) is 5.82 Å². The fraction of sp³-hybridized carbons (Fsp3) is 0.350. The topological polar surface area (TPSA) is 126 Å². The first-order valence-corrected chi connectivity index (χ1v) is 9.50. The molecule has 2 aromatic heterocycles. The number of amides is 1. The van der Waals surface area contributed by atoms with Gasteiger partial charge in [-0.2, -0.15) is 0 Å². The molecule has 1 unspecified atom stereocenters. The molecule has 0 bridgehead atoms. The van der Waals surface area contributed by atoms with E-state index in [1.807, 2.05) is 23.7 Å². The number of nitro groups is 1. The van der Waals surface area contributed by atoms with E-state index in [0.29, 0.717) is 23.1 Å². The van der Waals surface area contributed by atoms with E-state index in [9.17, 15) is 14.9 Å². The van der Waals surface area contributed by atoms with Crippen LogP contribution >= 0.6 is 0 Å². The van der Waals surface area contributed by atoms with Crippen LogP contribution in [0.2, 0.25) is 0 Å². The Bertz CT molecular complexity index is 1070. The van der Waals surface area contributed by atoms with Gasteiger partial charge in [-0.3, -0.25) is 4.79 Å². The molecule has 0 saturated heterocycles. The second kappa shape index (κ2) is 9.28. The van der Waals surface area contributed by atoms with Gasteiger partial charge in [0.05, 0.1) is 14.2 Å². The highest BCUT2D eigenvalue weighted by Crippen LogP contribution is 2.29. The minimum absolute atomic E-state index is 0.108. The van der Waals surface area contributed by atoms with Gasteiger partial charge < -0.3 is 34.0 Å². The van der Waals surface area contributed by atoms with Gasteiger partial charge in [0.25, 0.3) is 0 Å². The van der Waals surface area contributed by atoms with Crippen LogP contribution in [0.1, 0.15) is 29.7 Å². The summed E-state index contributed by atoms with van der Waals surface area (Å²) in [5.74, 6) is 1.79. The summed E-state index contributed by atoms with van der Waals surface area (Å²) in [5.41, 5.74) is 0.744. The van der Waals surface area contributed by atoms with Crippen LogP contribution in [0.15, 0.2) is 36.8 Å². The molecule has 1 aromatic carbocycles. The lowest BCUT2D eigenvalue weighted by atomic mass is 10.0. The van der Waals surface area contributed by atoms with E-state index in [1.54, 1.807) is 44.2 Å². The third-order valence-corrected chi connectivity index (χ3v) is 4.86. The van der Waals surface area contributed by atoms with Crippen molar-refractivity contribution >= 4 is 11.7 Å². The lowest BCUT2D eigenvalue weighted by molar-refractivity contribution is -0.389. The zero-order chi connectivity index (χ0) is 22.5. The van der Waals surface area contributed by atoms with E-state index < -0.39 is 11.0 Å². The molecular formula is C20H24N6O5. The summed E-state index contributed by atoms with van der Waals surface area (Å²) < 4.78 is 14.1. The molecule has 3 aromatic rings. The lowest BCUT2D eigenvalue weighted by Crippen LogP contribution is -2.31. The van der Waals surface area contributed by atoms with Crippen molar-refractivity contribution < 1.29 is 19.2 Å². The third kappa shape index (κ3) is 5.00. The minimum atomic E-state index is -0.559. The highest BCUT2D eigenvalue weighted by molar-refractivity contribution is 5.76. The average molecular weight is 428 g/mol. The quantitative estimate of drug-likeness (QED) is 0.409. The molecule has 1 amide bonds. The number of carbonyl (C=O) groups is 1. The number of rotatable bonds is 9. The SMILES string of the molecule is COc1cc(OC)cc(C(NC(=O)CCn2cc([N+](=O)[O-])nc2C)c2nccn2C)c1. The maximum atomic E-state index is 12.8. The third-order valence-electron chi connectivity index (χ3n) is 4.86. The normalized spacial score (nSPS) is 11.7. The van der Waals surface area contributed by atoms with Gasteiger partial charge in [0.1, 0.15) is 29.6 Å². The van der Waals surface area contributed by atoms with Crippen molar-refractivity contribution in [2.45, 2.75) is 25.9 Å². The molecule has 0 spiro atoms. The van der Waals surface area contributed by atoms with Crippen molar-refractivity contribution in [3.8, 4) is 11.5 Å². The average Bonchev–Trinajstić information content (AvgIpc) is 3.35. The second-order valence-corrected chi connectivity index (χ2v) is 6.89. The van der Waals surface area contributed by atoms with Crippen molar-refractivity contribution in [1.82, 2.24) is 24.4 Å². The summed E-state index contributed by atoms with van der Waals surface area (Å²) in [6.45, 7) is 1.91. The standard InChI is InChI=1S/C20H24N6O5/c1-13-22-17(26(28)29)12-25(13)7-5-18(27)23-19(20-21-6-8-24(20)2)14-9-15(30-3)11-16(10-14)31-4/h6,8-12,19H,5,7H2,1-4H3,(H,23,27). The molecule has 2 heterocycles. The Kier molecular flexibility index (Phi) is 6.53. The number of nitrogens with zero attached hydrogens (tertiary/aromatic N) is 5. The van der Waals surface area contributed by atoms with Crippen molar-refractivity contribution in [3.05, 3.63) is 64.1 Å². The predicted molar refractivity (Wildman–Crippen MR) is 111 cm³/mol. The Morgan fingerprint density at radius 3 is 2.45 bits per heavy atom. The van der Waals surface area contributed by atoms with Crippen LogP contribution in [0.5, 0.6) is 11.5 Å². The Morgan fingerprint density at radius 1 is 1.26 bits per heavy atom. The van der Waals surface area contributed by atoms with E-state index in [2.05, 4.69) is 15.3 Å². The van der Waals surface area contributed by atoms with Crippen LogP contribution in [0.25, 0.3) is 0 Å². The molecule has 0 aliphatic carbocycles. The number of ether oxygens (including phenoxy) is 2. The first kappa shape index (κ1) is 21.8. The van der Waals surface area contributed by atoms with Gasteiger partial charge in [0, 0.05) is 45.4 Å². The number of carbonyl (C=O) groups excluding carboxylic acids is 1. The fourth-order valence-corrected chi connectivity index (χ4v) is 3.21. The largest absolute Gasteiger partial charge is 0.497 e. The molecule has 0 fully saturated rings. The van der Waals surface area contributed by atoms with Gasteiger partial charge in [-0.05, 0) is 27.6 Å². The van der Waals surface area contributed by atoms with E-state index in [4.69, 9.17) is 9.47 Å². The molecule has 0 aliphatic heterocycles. The minimum Gasteiger partial charge on any atom is -0.497 e. The van der Waals surface area contributed by atoms with Crippen LogP contribution in [0.3, 0.4) is 0 Å². The number of aromatic nitrogens is 4. The zero-order valence-electron chi connectivity index (χ0n) is 17.7. The van der Waals surface area contributed by atoms with Gasteiger partial charge in [-0.25, -0.2) is 4.98 Å². The maximum absolute atomic E-state index is 12.8. The first-order chi connectivity index (χ1) is 14.8. The highest BCUT2D eigenvalue weighted by atomic mass is 16.6. The molecule has 0 radical (unpaired) electrons. The van der Waals surface area contributed by atoms with E-state index >= 15 is 0 Å². The number of hydrogen-bond donors (Lipinski definition) is 1. The van der Waals surface area contributed by atoms with Gasteiger partial charge in [-0.15, -0.1) is 0 Å². The van der Waals surface area contributed by atoms with Crippen LogP contribution in [-0.2, 0) is 18.4 Å². The number of nitrogens with one attached hydrogen (secondary N) is 1. The lowest BCUT2D eigenvalue weighted by Gasteiger charge is -2.20. The van der Waals surface area contributed by atoms with Crippen molar-refractivity contribution in [2.75, 3.05) is 14.2 Å². The Labute approximate surface area is 178 Å². The number of imidazole rings is 2. The summed E-state index contributed by atoms with van der Waals surface area (Å²) in [6.07, 6.45) is 4.88. The van der Waals surface area contributed by atoms with Crippen LogP contribution in [0, 0.1) is 17.0 Å². The van der Waals surface area contributed by atoms with E-state index in [-0.39, 0.29) is 24.7 Å². The van der Waals surface area contributed by atoms with E-state index in [1.165, 1.54) is 6.20 Å². The summed E-state index contributed by atoms with van der Waals surface area (Å²) >= 11 is 0. The molecule has 1 N–H and O–H groups in total. The fourth-order valence-electron chi connectivity index (χ4n) is 3.21. The molecule has 31 heavy (non-hydrogen) atoms. The van der Waals surface area contributed by atoms with Crippen molar-refractivity contribution in [3.63, 3.8) is 0 Å². The van der Waals surface area contributed by atoms with Crippen molar-refractivity contribution in [1.29, 1.82) is 0 Å². The highest BCUT2D eigenvalue weighted by Gasteiger charge is 2.23. The Hall–Kier alpha value is -3.89. The molecule has 3 rings (SSSR count). The van der Waals surface area contributed by atoms with E-state index in [0.717, 1.165) is 5.56 Å². The molecule has 0 saturated carbocycles. The molecule has 0 aliphatic rings. The van der Waals surface area contributed by atoms with Gasteiger partial charge >= 0.3 is 5.82 Å². The second-order valence-electron chi connectivity index (χ2n) is 6.89. The molecular weight excluding hydrogens is 404 g/mol. The first-order valence-electron chi connectivity index (χ1n) is 9.50. The predicted octanol–water partition coefficient (Wildman–Crippen LogP) is 2.15. The maximum Gasteiger partial charge on any atom is 0.381 e. The van der Waals surface area contributed by atoms with Gasteiger partial charge in [-0.1, -0.05) is 0 Å². The number of benzene rings is 1. The number of aryl methyl sites for hydroxylation is 3. The van der Waals surface area contributed by atoms with Gasteiger partial charge in [0.2, 0.25) is 11.7 Å². The van der Waals surface area contributed by atoms with Crippen LogP contribution < -0.4 is 14.8 Å². The Morgan fingerprint density at radius 2 is 1.94 bits per heavy atom. The number of hydrogen-bond acceptors (Lipinski definition) is 7. The summed E-state index contributed by atoms with van der Waals surface area (Å²) in [6, 6.07) is 4.82. The van der Waals surface area contributed by atoms with Gasteiger partial charge in [0.15, 0.2) is 0 Å². The Balaban J connectivity index is 1.82. The monoisotopic (exact) mass is 428 g/mol. The molecule has 164 valence electrons. The molecule has 11 heteroatoms. The van der Waals surface area contributed by atoms with Crippen molar-refractivity contribution in [2.24, 2.45) is 7.05 Å². The smallest absolute Gasteiger partial charge is 0.381 e.